The second-order valence-corrected chi connectivity index (χ2v) is 3.57. The van der Waals surface area contributed by atoms with Gasteiger partial charge in [0.05, 0.1) is 23.3 Å². The number of aliphatic hydroxyl groups excluding tert-OH is 1. The van der Waals surface area contributed by atoms with Crippen molar-refractivity contribution >= 4 is 23.2 Å². The zero-order valence-corrected chi connectivity index (χ0v) is 9.14. The third-order valence-corrected chi connectivity index (χ3v) is 2.47. The Hall–Kier alpha value is -0.480. The number of nitrogens with two attached hydrogens (primary N) is 1. The molecule has 1 aromatic carbocycles. The second kappa shape index (κ2) is 4.84. The van der Waals surface area contributed by atoms with Gasteiger partial charge in [0.2, 0.25) is 0 Å². The fraction of sp³-hybridized carbons (Fsp3) is 0.333. The lowest BCUT2D eigenvalue weighted by atomic mass is 10.1. The van der Waals surface area contributed by atoms with Gasteiger partial charge < -0.3 is 15.6 Å². The Kier molecular flexibility index (Phi) is 4.01. The van der Waals surface area contributed by atoms with Gasteiger partial charge in [0.25, 0.3) is 0 Å². The predicted molar refractivity (Wildman–Crippen MR) is 57.0 cm³/mol. The van der Waals surface area contributed by atoms with E-state index in [2.05, 4.69) is 0 Å². The quantitative estimate of drug-likeness (QED) is 0.843. The second-order valence-electron chi connectivity index (χ2n) is 2.76. The van der Waals surface area contributed by atoms with Gasteiger partial charge in [-0.1, -0.05) is 23.2 Å². The number of aliphatic hydroxyl groups is 1. The molecular formula is C9H11Cl2NO2. The number of benzene rings is 1. The van der Waals surface area contributed by atoms with Crippen molar-refractivity contribution in [2.24, 2.45) is 5.73 Å². The Morgan fingerprint density at radius 2 is 1.93 bits per heavy atom. The normalized spacial score (nSPS) is 12.6. The van der Waals surface area contributed by atoms with E-state index in [0.29, 0.717) is 21.4 Å². The van der Waals surface area contributed by atoms with Crippen molar-refractivity contribution in [3.8, 4) is 5.75 Å². The highest BCUT2D eigenvalue weighted by Crippen LogP contribution is 2.33. The molecule has 0 heterocycles. The van der Waals surface area contributed by atoms with Crippen LogP contribution < -0.4 is 10.5 Å². The number of ether oxygens (including phenoxy) is 1. The fourth-order valence-corrected chi connectivity index (χ4v) is 1.83. The van der Waals surface area contributed by atoms with E-state index in [9.17, 15) is 5.11 Å². The van der Waals surface area contributed by atoms with Gasteiger partial charge in [-0.05, 0) is 12.1 Å². The average molecular weight is 236 g/mol. The number of methoxy groups -OCH3 is 1. The van der Waals surface area contributed by atoms with Crippen LogP contribution in [0.3, 0.4) is 0 Å². The van der Waals surface area contributed by atoms with Gasteiger partial charge in [-0.25, -0.2) is 0 Å². The van der Waals surface area contributed by atoms with Crippen LogP contribution in [0.15, 0.2) is 12.1 Å². The van der Waals surface area contributed by atoms with Crippen LogP contribution >= 0.6 is 23.2 Å². The lowest BCUT2D eigenvalue weighted by Crippen LogP contribution is -2.12. The molecule has 0 bridgehead atoms. The summed E-state index contributed by atoms with van der Waals surface area (Å²) in [7, 11) is 1.51. The van der Waals surface area contributed by atoms with Crippen LogP contribution in [0.2, 0.25) is 10.0 Å². The van der Waals surface area contributed by atoms with E-state index in [0.717, 1.165) is 0 Å². The van der Waals surface area contributed by atoms with Crippen LogP contribution in [0, 0.1) is 0 Å². The third-order valence-electron chi connectivity index (χ3n) is 1.84. The lowest BCUT2D eigenvalue weighted by Gasteiger charge is -2.13. The molecule has 0 fully saturated rings. The lowest BCUT2D eigenvalue weighted by molar-refractivity contribution is 0.187. The van der Waals surface area contributed by atoms with Crippen LogP contribution in [-0.4, -0.2) is 18.8 Å². The monoisotopic (exact) mass is 235 g/mol. The molecule has 3 nitrogen and oxygen atoms in total. The molecule has 0 aliphatic heterocycles. The van der Waals surface area contributed by atoms with Crippen molar-refractivity contribution in [2.45, 2.75) is 6.10 Å². The maximum Gasteiger partial charge on any atom is 0.121 e. The highest BCUT2D eigenvalue weighted by Gasteiger charge is 2.15. The number of rotatable bonds is 3. The summed E-state index contributed by atoms with van der Waals surface area (Å²) in [6, 6.07) is 3.17. The Morgan fingerprint density at radius 1 is 1.43 bits per heavy atom. The SMILES string of the molecule is COc1cc(Cl)c(C(O)CN)c(Cl)c1. The molecule has 0 saturated heterocycles. The minimum absolute atomic E-state index is 0.0752. The summed E-state index contributed by atoms with van der Waals surface area (Å²) in [4.78, 5) is 0. The fourth-order valence-electron chi connectivity index (χ4n) is 1.12. The average Bonchev–Trinajstić information content (AvgIpc) is 2.16. The van der Waals surface area contributed by atoms with E-state index in [4.69, 9.17) is 33.7 Å². The number of halogens is 2. The molecule has 0 amide bonds. The maximum absolute atomic E-state index is 9.52. The number of hydrogen-bond acceptors (Lipinski definition) is 3. The van der Waals surface area contributed by atoms with Gasteiger partial charge in [0.15, 0.2) is 0 Å². The first kappa shape index (κ1) is 11.6. The summed E-state index contributed by atoms with van der Waals surface area (Å²) >= 11 is 11.8. The van der Waals surface area contributed by atoms with Gasteiger partial charge in [0.1, 0.15) is 5.75 Å². The minimum Gasteiger partial charge on any atom is -0.497 e. The molecule has 3 N–H and O–H groups in total. The Balaban J connectivity index is 3.18. The minimum atomic E-state index is -0.846. The van der Waals surface area contributed by atoms with E-state index in [-0.39, 0.29) is 6.54 Å². The molecule has 1 aromatic rings. The van der Waals surface area contributed by atoms with Gasteiger partial charge >= 0.3 is 0 Å². The first-order chi connectivity index (χ1) is 6.60. The first-order valence-electron chi connectivity index (χ1n) is 4.01. The molecule has 1 atom stereocenters. The smallest absolute Gasteiger partial charge is 0.121 e. The third kappa shape index (κ3) is 2.30. The molecule has 5 heteroatoms. The van der Waals surface area contributed by atoms with Gasteiger partial charge in [-0.3, -0.25) is 0 Å². The molecule has 0 saturated carbocycles. The van der Waals surface area contributed by atoms with E-state index >= 15 is 0 Å². The maximum atomic E-state index is 9.52. The van der Waals surface area contributed by atoms with Gasteiger partial charge in [-0.15, -0.1) is 0 Å². The predicted octanol–water partition coefficient (Wildman–Crippen LogP) is 1.99. The van der Waals surface area contributed by atoms with E-state index < -0.39 is 6.10 Å². The summed E-state index contributed by atoms with van der Waals surface area (Å²) in [6.45, 7) is 0.0752. The van der Waals surface area contributed by atoms with Gasteiger partial charge in [-0.2, -0.15) is 0 Å². The van der Waals surface area contributed by atoms with Crippen molar-refractivity contribution in [3.63, 3.8) is 0 Å². The highest BCUT2D eigenvalue weighted by molar-refractivity contribution is 6.36. The van der Waals surface area contributed by atoms with Crippen molar-refractivity contribution < 1.29 is 9.84 Å². The summed E-state index contributed by atoms with van der Waals surface area (Å²) < 4.78 is 4.96. The molecular weight excluding hydrogens is 225 g/mol. The van der Waals surface area contributed by atoms with Crippen molar-refractivity contribution in [1.82, 2.24) is 0 Å². The largest absolute Gasteiger partial charge is 0.497 e. The first-order valence-corrected chi connectivity index (χ1v) is 4.76. The molecule has 1 unspecified atom stereocenters. The zero-order chi connectivity index (χ0) is 10.7. The zero-order valence-electron chi connectivity index (χ0n) is 7.63. The van der Waals surface area contributed by atoms with Crippen LogP contribution in [0.1, 0.15) is 11.7 Å². The van der Waals surface area contributed by atoms with Crippen molar-refractivity contribution in [2.75, 3.05) is 13.7 Å². The molecule has 0 aliphatic carbocycles. The standard InChI is InChI=1S/C9H11Cl2NO2/c1-14-5-2-6(10)9(7(11)3-5)8(13)4-12/h2-3,8,13H,4,12H2,1H3. The Bertz CT molecular complexity index is 308. The van der Waals surface area contributed by atoms with E-state index in [1.165, 1.54) is 7.11 Å². The highest BCUT2D eigenvalue weighted by atomic mass is 35.5. The summed E-state index contributed by atoms with van der Waals surface area (Å²) in [5.41, 5.74) is 5.76. The van der Waals surface area contributed by atoms with Crippen LogP contribution in [0.25, 0.3) is 0 Å². The summed E-state index contributed by atoms with van der Waals surface area (Å²) in [6.07, 6.45) is -0.846. The topological polar surface area (TPSA) is 55.5 Å². The van der Waals surface area contributed by atoms with Crippen LogP contribution in [0.5, 0.6) is 5.75 Å². The van der Waals surface area contributed by atoms with E-state index in [1.54, 1.807) is 12.1 Å². The molecule has 78 valence electrons. The van der Waals surface area contributed by atoms with E-state index in [1.807, 2.05) is 0 Å². The van der Waals surface area contributed by atoms with Gasteiger partial charge in [0, 0.05) is 12.1 Å². The summed E-state index contributed by atoms with van der Waals surface area (Å²) in [5.74, 6) is 0.549. The van der Waals surface area contributed by atoms with Crippen LogP contribution in [-0.2, 0) is 0 Å². The van der Waals surface area contributed by atoms with Crippen LogP contribution in [0.4, 0.5) is 0 Å². The molecule has 1 rings (SSSR count). The Morgan fingerprint density at radius 3 is 2.29 bits per heavy atom. The molecule has 0 aliphatic rings. The van der Waals surface area contributed by atoms with Crippen molar-refractivity contribution in [1.29, 1.82) is 0 Å². The molecule has 0 aromatic heterocycles. The number of hydrogen-bond donors (Lipinski definition) is 2. The van der Waals surface area contributed by atoms with Crippen molar-refractivity contribution in [3.05, 3.63) is 27.7 Å². The summed E-state index contributed by atoms with van der Waals surface area (Å²) in [5, 5.41) is 10.2. The molecule has 0 radical (unpaired) electrons. The molecule has 0 spiro atoms. The molecule has 14 heavy (non-hydrogen) atoms. The Labute approximate surface area is 92.4 Å².